The third-order valence-corrected chi connectivity index (χ3v) is 3.04. The van der Waals surface area contributed by atoms with E-state index < -0.39 is 23.6 Å². The van der Waals surface area contributed by atoms with E-state index in [2.05, 4.69) is 5.32 Å². The van der Waals surface area contributed by atoms with Crippen LogP contribution < -0.4 is 11.1 Å². The molecular formula is C18H22N4O5. The topological polar surface area (TPSA) is 146 Å². The Kier molecular flexibility index (Phi) is 7.50. The van der Waals surface area contributed by atoms with Gasteiger partial charge in [-0.2, -0.15) is 5.26 Å². The summed E-state index contributed by atoms with van der Waals surface area (Å²) in [6.07, 6.45) is 0.335. The molecule has 144 valence electrons. The van der Waals surface area contributed by atoms with Crippen molar-refractivity contribution in [3.05, 3.63) is 41.6 Å². The molecule has 0 fully saturated rings. The summed E-state index contributed by atoms with van der Waals surface area (Å²) in [4.78, 5) is 36.4. The highest BCUT2D eigenvalue weighted by Crippen LogP contribution is 2.13. The lowest BCUT2D eigenvalue weighted by molar-refractivity contribution is -0.112. The number of carboxylic acids is 1. The number of carbonyl (C=O) groups is 3. The fourth-order valence-corrected chi connectivity index (χ4v) is 1.86. The molecule has 27 heavy (non-hydrogen) atoms. The highest BCUT2D eigenvalue weighted by Gasteiger charge is 2.22. The van der Waals surface area contributed by atoms with Crippen LogP contribution in [0.4, 0.5) is 10.5 Å². The molecule has 4 N–H and O–H groups in total. The van der Waals surface area contributed by atoms with Gasteiger partial charge in [-0.15, -0.1) is 0 Å². The molecule has 1 aromatic carbocycles. The van der Waals surface area contributed by atoms with Crippen molar-refractivity contribution >= 4 is 23.7 Å². The van der Waals surface area contributed by atoms with Crippen LogP contribution in [0, 0.1) is 11.3 Å². The number of carbonyl (C=O) groups excluding carboxylic acids is 2. The molecule has 0 aliphatic carbocycles. The standard InChI is InChI=1S/C18H22N4O5/c1-18(2,3)27-17(26)22(9-8-19)11-13(10-20)15(23)21-14-6-4-12(5-7-14)16(24)25/h4-7,11H,8-9,19H2,1-3H3,(H,21,23)(H,24,25)/b13-11-. The van der Waals surface area contributed by atoms with E-state index in [4.69, 9.17) is 15.6 Å². The van der Waals surface area contributed by atoms with E-state index in [1.54, 1.807) is 26.8 Å². The van der Waals surface area contributed by atoms with Gasteiger partial charge in [-0.1, -0.05) is 0 Å². The molecule has 0 aliphatic rings. The molecule has 2 amide bonds. The van der Waals surface area contributed by atoms with Crippen LogP contribution in [0.1, 0.15) is 31.1 Å². The number of amides is 2. The number of nitrogens with zero attached hydrogens (tertiary/aromatic N) is 2. The van der Waals surface area contributed by atoms with E-state index in [-0.39, 0.29) is 24.2 Å². The van der Waals surface area contributed by atoms with Gasteiger partial charge >= 0.3 is 12.1 Å². The predicted octanol–water partition coefficient (Wildman–Crippen LogP) is 1.93. The van der Waals surface area contributed by atoms with Crippen molar-refractivity contribution in [1.29, 1.82) is 5.26 Å². The van der Waals surface area contributed by atoms with Crippen LogP contribution >= 0.6 is 0 Å². The highest BCUT2D eigenvalue weighted by molar-refractivity contribution is 6.06. The lowest BCUT2D eigenvalue weighted by Gasteiger charge is -2.25. The summed E-state index contributed by atoms with van der Waals surface area (Å²) in [6, 6.07) is 7.13. The second-order valence-electron chi connectivity index (χ2n) is 6.45. The molecule has 0 aromatic heterocycles. The van der Waals surface area contributed by atoms with Crippen LogP contribution in [-0.4, -0.2) is 46.7 Å². The van der Waals surface area contributed by atoms with E-state index in [0.717, 1.165) is 11.1 Å². The molecule has 0 atom stereocenters. The molecule has 1 rings (SSSR count). The zero-order valence-corrected chi connectivity index (χ0v) is 15.4. The molecule has 0 spiro atoms. The van der Waals surface area contributed by atoms with Gasteiger partial charge in [0, 0.05) is 25.0 Å². The van der Waals surface area contributed by atoms with Crippen molar-refractivity contribution in [3.8, 4) is 6.07 Å². The smallest absolute Gasteiger partial charge is 0.414 e. The van der Waals surface area contributed by atoms with Crippen LogP contribution in [0.25, 0.3) is 0 Å². The lowest BCUT2D eigenvalue weighted by Crippen LogP contribution is -2.37. The molecule has 1 aromatic rings. The zero-order valence-electron chi connectivity index (χ0n) is 15.4. The summed E-state index contributed by atoms with van der Waals surface area (Å²) in [5, 5.41) is 20.6. The van der Waals surface area contributed by atoms with Gasteiger partial charge in [0.1, 0.15) is 17.2 Å². The number of ether oxygens (including phenoxy) is 1. The zero-order chi connectivity index (χ0) is 20.6. The first-order chi connectivity index (χ1) is 12.6. The molecule has 0 bridgehead atoms. The summed E-state index contributed by atoms with van der Waals surface area (Å²) in [6.45, 7) is 5.23. The Morgan fingerprint density at radius 3 is 2.33 bits per heavy atom. The number of hydrogen-bond acceptors (Lipinski definition) is 6. The summed E-state index contributed by atoms with van der Waals surface area (Å²) < 4.78 is 5.22. The molecule has 0 radical (unpaired) electrons. The van der Waals surface area contributed by atoms with Crippen LogP contribution in [0.15, 0.2) is 36.0 Å². The minimum atomic E-state index is -1.10. The highest BCUT2D eigenvalue weighted by atomic mass is 16.6. The van der Waals surface area contributed by atoms with Gasteiger partial charge in [0.2, 0.25) is 0 Å². The summed E-state index contributed by atoms with van der Waals surface area (Å²) in [5.41, 5.74) is 4.75. The molecule has 9 heteroatoms. The van der Waals surface area contributed by atoms with Crippen molar-refractivity contribution in [2.24, 2.45) is 5.73 Å². The lowest BCUT2D eigenvalue weighted by atomic mass is 10.2. The number of anilines is 1. The van der Waals surface area contributed by atoms with Gasteiger partial charge in [0.15, 0.2) is 0 Å². The average molecular weight is 374 g/mol. The van der Waals surface area contributed by atoms with E-state index in [1.807, 2.05) is 0 Å². The van der Waals surface area contributed by atoms with E-state index >= 15 is 0 Å². The van der Waals surface area contributed by atoms with Crippen molar-refractivity contribution in [3.63, 3.8) is 0 Å². The Hall–Kier alpha value is -3.38. The fraction of sp³-hybridized carbons (Fsp3) is 0.333. The number of nitrogens with one attached hydrogen (secondary N) is 1. The van der Waals surface area contributed by atoms with Crippen molar-refractivity contribution in [2.75, 3.05) is 18.4 Å². The fourth-order valence-electron chi connectivity index (χ4n) is 1.86. The molecule has 0 saturated heterocycles. The van der Waals surface area contributed by atoms with Crippen molar-refractivity contribution in [2.45, 2.75) is 26.4 Å². The molecule has 9 nitrogen and oxygen atoms in total. The number of aromatic carboxylic acids is 1. The number of carboxylic acid groups (broad SMARTS) is 1. The SMILES string of the molecule is CC(C)(C)OC(=O)N(/C=C(/C#N)C(=O)Nc1ccc(C(=O)O)cc1)CCN. The first-order valence-electron chi connectivity index (χ1n) is 8.03. The van der Waals surface area contributed by atoms with Gasteiger partial charge in [-0.25, -0.2) is 9.59 Å². The van der Waals surface area contributed by atoms with Gasteiger partial charge in [0.25, 0.3) is 5.91 Å². The number of hydrogen-bond donors (Lipinski definition) is 3. The quantitative estimate of drug-likeness (QED) is 0.509. The summed E-state index contributed by atoms with van der Waals surface area (Å²) >= 11 is 0. The Morgan fingerprint density at radius 1 is 1.30 bits per heavy atom. The molecule has 0 aliphatic heterocycles. The third kappa shape index (κ3) is 7.17. The number of nitrogens with two attached hydrogens (primary N) is 1. The first kappa shape index (κ1) is 21.7. The number of benzene rings is 1. The summed E-state index contributed by atoms with van der Waals surface area (Å²) in [7, 11) is 0. The van der Waals surface area contributed by atoms with Gasteiger partial charge in [0.05, 0.1) is 5.56 Å². The monoisotopic (exact) mass is 374 g/mol. The Balaban J connectivity index is 2.97. The van der Waals surface area contributed by atoms with Gasteiger partial charge < -0.3 is 20.9 Å². The van der Waals surface area contributed by atoms with Crippen LogP contribution in [0.2, 0.25) is 0 Å². The number of nitriles is 1. The molecule has 0 saturated carbocycles. The van der Waals surface area contributed by atoms with Crippen LogP contribution in [0.5, 0.6) is 0 Å². The van der Waals surface area contributed by atoms with Gasteiger partial charge in [-0.05, 0) is 45.0 Å². The molecule has 0 heterocycles. The predicted molar refractivity (Wildman–Crippen MR) is 97.7 cm³/mol. The van der Waals surface area contributed by atoms with Crippen molar-refractivity contribution in [1.82, 2.24) is 4.90 Å². The Bertz CT molecular complexity index is 772. The normalized spacial score (nSPS) is 11.3. The maximum Gasteiger partial charge on any atom is 0.414 e. The second-order valence-corrected chi connectivity index (χ2v) is 6.45. The van der Waals surface area contributed by atoms with Gasteiger partial charge in [-0.3, -0.25) is 9.69 Å². The van der Waals surface area contributed by atoms with Crippen molar-refractivity contribution < 1.29 is 24.2 Å². The average Bonchev–Trinajstić information content (AvgIpc) is 2.57. The van der Waals surface area contributed by atoms with Crippen LogP contribution in [-0.2, 0) is 9.53 Å². The minimum absolute atomic E-state index is 0.0562. The molecular weight excluding hydrogens is 352 g/mol. The maximum absolute atomic E-state index is 12.3. The van der Waals surface area contributed by atoms with Crippen LogP contribution in [0.3, 0.4) is 0 Å². The summed E-state index contributed by atoms with van der Waals surface area (Å²) in [5.74, 6) is -1.86. The Labute approximate surface area is 157 Å². The third-order valence-electron chi connectivity index (χ3n) is 3.04. The maximum atomic E-state index is 12.3. The van der Waals surface area contributed by atoms with E-state index in [0.29, 0.717) is 5.69 Å². The van der Waals surface area contributed by atoms with E-state index in [1.165, 1.54) is 24.3 Å². The largest absolute Gasteiger partial charge is 0.478 e. The Morgan fingerprint density at radius 2 is 1.89 bits per heavy atom. The van der Waals surface area contributed by atoms with E-state index in [9.17, 15) is 19.6 Å². The molecule has 0 unspecified atom stereocenters. The first-order valence-corrected chi connectivity index (χ1v) is 8.03. The second kappa shape index (κ2) is 9.35. The minimum Gasteiger partial charge on any atom is -0.478 e. The number of rotatable bonds is 6.